The fourth-order valence-corrected chi connectivity index (χ4v) is 2.40. The second-order valence-electron chi connectivity index (χ2n) is 5.15. The molecule has 0 aromatic rings. The molecule has 16 heavy (non-hydrogen) atoms. The third-order valence-electron chi connectivity index (χ3n) is 4.32. The lowest BCUT2D eigenvalue weighted by Gasteiger charge is -2.42. The Labute approximate surface area is 101 Å². The van der Waals surface area contributed by atoms with Crippen molar-refractivity contribution in [3.05, 3.63) is 0 Å². The van der Waals surface area contributed by atoms with Crippen LogP contribution in [0.3, 0.4) is 0 Å². The molecule has 0 aromatic carbocycles. The number of piperazine rings is 1. The zero-order chi connectivity index (χ0) is 12.1. The maximum absolute atomic E-state index is 3.35. The number of hydrogen-bond acceptors (Lipinski definition) is 3. The average molecular weight is 227 g/mol. The summed E-state index contributed by atoms with van der Waals surface area (Å²) in [6.07, 6.45) is 1.27. The van der Waals surface area contributed by atoms with Crippen LogP contribution in [0.2, 0.25) is 0 Å². The van der Waals surface area contributed by atoms with Crippen LogP contribution in [0.5, 0.6) is 0 Å². The summed E-state index contributed by atoms with van der Waals surface area (Å²) < 4.78 is 0. The van der Waals surface area contributed by atoms with Crippen LogP contribution in [0.15, 0.2) is 0 Å². The topological polar surface area (TPSA) is 18.5 Å². The van der Waals surface area contributed by atoms with Crippen molar-refractivity contribution in [2.24, 2.45) is 0 Å². The van der Waals surface area contributed by atoms with Gasteiger partial charge in [0.1, 0.15) is 0 Å². The van der Waals surface area contributed by atoms with E-state index in [1.165, 1.54) is 32.6 Å². The van der Waals surface area contributed by atoms with Crippen molar-refractivity contribution in [1.29, 1.82) is 0 Å². The van der Waals surface area contributed by atoms with Gasteiger partial charge in [-0.2, -0.15) is 0 Å². The Morgan fingerprint density at radius 2 is 1.50 bits per heavy atom. The fourth-order valence-electron chi connectivity index (χ4n) is 2.40. The van der Waals surface area contributed by atoms with Crippen molar-refractivity contribution in [3.63, 3.8) is 0 Å². The lowest BCUT2D eigenvalue weighted by Crippen LogP contribution is -2.55. The van der Waals surface area contributed by atoms with Gasteiger partial charge in [0.2, 0.25) is 0 Å². The number of hydrogen-bond donors (Lipinski definition) is 1. The van der Waals surface area contributed by atoms with Crippen LogP contribution in [0.1, 0.15) is 34.1 Å². The first-order valence-corrected chi connectivity index (χ1v) is 6.75. The predicted molar refractivity (Wildman–Crippen MR) is 70.9 cm³/mol. The van der Waals surface area contributed by atoms with Gasteiger partial charge in [0.25, 0.3) is 0 Å². The summed E-state index contributed by atoms with van der Waals surface area (Å²) in [5.74, 6) is 0. The van der Waals surface area contributed by atoms with E-state index in [0.717, 1.165) is 6.04 Å². The molecule has 0 bridgehead atoms. The number of nitrogens with one attached hydrogen (secondary N) is 1. The molecule has 0 saturated carbocycles. The highest BCUT2D eigenvalue weighted by molar-refractivity contribution is 4.82. The van der Waals surface area contributed by atoms with Crippen molar-refractivity contribution < 1.29 is 0 Å². The Morgan fingerprint density at radius 3 is 1.94 bits per heavy atom. The minimum atomic E-state index is 0.579. The van der Waals surface area contributed by atoms with Gasteiger partial charge in [0.15, 0.2) is 0 Å². The quantitative estimate of drug-likeness (QED) is 0.766. The molecule has 1 saturated heterocycles. The maximum Gasteiger partial charge on any atom is 0.0219 e. The minimum absolute atomic E-state index is 0.579. The lowest BCUT2D eigenvalue weighted by molar-refractivity contribution is 0.0680. The van der Waals surface area contributed by atoms with E-state index in [1.807, 2.05) is 0 Å². The van der Waals surface area contributed by atoms with E-state index in [0.29, 0.717) is 12.1 Å². The SMILES string of the molecule is CCC(C)N1CCN(C(C)C(C)NC)CC1. The smallest absolute Gasteiger partial charge is 0.0219 e. The zero-order valence-corrected chi connectivity index (χ0v) is 11.7. The Hall–Kier alpha value is -0.120. The molecule has 1 aliphatic rings. The third kappa shape index (κ3) is 3.44. The second-order valence-corrected chi connectivity index (χ2v) is 5.15. The highest BCUT2D eigenvalue weighted by atomic mass is 15.3. The van der Waals surface area contributed by atoms with Gasteiger partial charge in [-0.1, -0.05) is 6.92 Å². The first kappa shape index (κ1) is 13.9. The van der Waals surface area contributed by atoms with E-state index >= 15 is 0 Å². The van der Waals surface area contributed by atoms with Crippen molar-refractivity contribution >= 4 is 0 Å². The first-order chi connectivity index (χ1) is 7.60. The summed E-state index contributed by atoms with van der Waals surface area (Å²) >= 11 is 0. The standard InChI is InChI=1S/C13H29N3/c1-6-11(2)15-7-9-16(10-8-15)13(4)12(3)14-5/h11-14H,6-10H2,1-5H3. The van der Waals surface area contributed by atoms with E-state index in [4.69, 9.17) is 0 Å². The molecule has 96 valence electrons. The summed E-state index contributed by atoms with van der Waals surface area (Å²) in [5, 5.41) is 3.35. The van der Waals surface area contributed by atoms with E-state index < -0.39 is 0 Å². The molecule has 1 rings (SSSR count). The maximum atomic E-state index is 3.35. The summed E-state index contributed by atoms with van der Waals surface area (Å²) in [6, 6.07) is 1.97. The largest absolute Gasteiger partial charge is 0.316 e. The molecule has 3 unspecified atom stereocenters. The predicted octanol–water partition coefficient (Wildman–Crippen LogP) is 1.40. The van der Waals surface area contributed by atoms with Crippen molar-refractivity contribution in [3.8, 4) is 0 Å². The molecule has 0 aliphatic carbocycles. The highest BCUT2D eigenvalue weighted by Crippen LogP contribution is 2.12. The van der Waals surface area contributed by atoms with Gasteiger partial charge in [-0.3, -0.25) is 9.80 Å². The van der Waals surface area contributed by atoms with Gasteiger partial charge in [-0.15, -0.1) is 0 Å². The molecule has 1 heterocycles. The third-order valence-corrected chi connectivity index (χ3v) is 4.32. The van der Waals surface area contributed by atoms with E-state index in [2.05, 4.69) is 49.9 Å². The van der Waals surface area contributed by atoms with E-state index in [-0.39, 0.29) is 0 Å². The van der Waals surface area contributed by atoms with Crippen molar-refractivity contribution in [2.75, 3.05) is 33.2 Å². The molecule has 3 atom stereocenters. The number of nitrogens with zero attached hydrogens (tertiary/aromatic N) is 2. The normalized spacial score (nSPS) is 25.3. The molecular weight excluding hydrogens is 198 g/mol. The molecule has 1 N–H and O–H groups in total. The van der Waals surface area contributed by atoms with Crippen LogP contribution in [0.4, 0.5) is 0 Å². The molecule has 0 spiro atoms. The molecule has 1 fully saturated rings. The van der Waals surface area contributed by atoms with Gasteiger partial charge < -0.3 is 5.32 Å². The van der Waals surface area contributed by atoms with Gasteiger partial charge in [-0.25, -0.2) is 0 Å². The minimum Gasteiger partial charge on any atom is -0.316 e. The van der Waals surface area contributed by atoms with Crippen LogP contribution in [-0.4, -0.2) is 61.2 Å². The molecule has 3 heteroatoms. The first-order valence-electron chi connectivity index (χ1n) is 6.75. The van der Waals surface area contributed by atoms with Gasteiger partial charge >= 0.3 is 0 Å². The molecule has 3 nitrogen and oxygen atoms in total. The van der Waals surface area contributed by atoms with E-state index in [9.17, 15) is 0 Å². The Bertz CT molecular complexity index is 188. The summed E-state index contributed by atoms with van der Waals surface area (Å²) in [7, 11) is 2.05. The number of rotatable bonds is 5. The Kier molecular flexibility index (Phi) is 5.73. The second kappa shape index (κ2) is 6.58. The molecule has 0 amide bonds. The fraction of sp³-hybridized carbons (Fsp3) is 1.00. The van der Waals surface area contributed by atoms with Crippen LogP contribution in [0.25, 0.3) is 0 Å². The van der Waals surface area contributed by atoms with Gasteiger partial charge in [-0.05, 0) is 34.2 Å². The van der Waals surface area contributed by atoms with Crippen LogP contribution in [0, 0.1) is 0 Å². The summed E-state index contributed by atoms with van der Waals surface area (Å²) in [4.78, 5) is 5.23. The Morgan fingerprint density at radius 1 is 1.00 bits per heavy atom. The summed E-state index contributed by atoms with van der Waals surface area (Å²) in [6.45, 7) is 14.1. The van der Waals surface area contributed by atoms with E-state index in [1.54, 1.807) is 0 Å². The molecule has 0 aromatic heterocycles. The van der Waals surface area contributed by atoms with Gasteiger partial charge in [0, 0.05) is 44.3 Å². The van der Waals surface area contributed by atoms with Crippen LogP contribution in [-0.2, 0) is 0 Å². The Balaban J connectivity index is 2.36. The zero-order valence-electron chi connectivity index (χ0n) is 11.7. The average Bonchev–Trinajstić information content (AvgIpc) is 2.36. The number of likely N-dealkylation sites (N-methyl/N-ethyl adjacent to an activating group) is 1. The monoisotopic (exact) mass is 227 g/mol. The van der Waals surface area contributed by atoms with Crippen molar-refractivity contribution in [1.82, 2.24) is 15.1 Å². The van der Waals surface area contributed by atoms with Crippen LogP contribution >= 0.6 is 0 Å². The van der Waals surface area contributed by atoms with Crippen LogP contribution < -0.4 is 5.32 Å². The molecular formula is C13H29N3. The summed E-state index contributed by atoms with van der Waals surface area (Å²) in [5.41, 5.74) is 0. The molecule has 0 radical (unpaired) electrons. The highest BCUT2D eigenvalue weighted by Gasteiger charge is 2.25. The lowest BCUT2D eigenvalue weighted by atomic mass is 10.1. The molecule has 1 aliphatic heterocycles. The van der Waals surface area contributed by atoms with Crippen molar-refractivity contribution in [2.45, 2.75) is 52.2 Å². The van der Waals surface area contributed by atoms with Gasteiger partial charge in [0.05, 0.1) is 0 Å².